The third-order valence-corrected chi connectivity index (χ3v) is 6.68. The first kappa shape index (κ1) is 20.3. The molecule has 2 aromatic carbocycles. The Bertz CT molecular complexity index is 1150. The Morgan fingerprint density at radius 2 is 1.65 bits per heavy atom. The molecule has 1 aromatic heterocycles. The van der Waals surface area contributed by atoms with E-state index in [2.05, 4.69) is 55.9 Å². The SMILES string of the molecule is CC1(C)OB(c2ccc(C#Cc3ccc4nc(C5CCCN5)[nH]c4c3)cc2)OC1(C)C. The number of aromatic nitrogens is 2. The summed E-state index contributed by atoms with van der Waals surface area (Å²) in [4.78, 5) is 8.19. The fraction of sp³-hybridized carbons (Fsp3) is 0.400. The summed E-state index contributed by atoms with van der Waals surface area (Å²) in [5.74, 6) is 7.55. The summed E-state index contributed by atoms with van der Waals surface area (Å²) in [6, 6.07) is 14.6. The van der Waals surface area contributed by atoms with Crippen molar-refractivity contribution in [1.29, 1.82) is 0 Å². The predicted octanol–water partition coefficient (Wildman–Crippen LogP) is 3.69. The molecule has 0 amide bonds. The number of H-pyrrole nitrogens is 1. The van der Waals surface area contributed by atoms with E-state index in [-0.39, 0.29) is 18.3 Å². The van der Waals surface area contributed by atoms with Gasteiger partial charge in [0.1, 0.15) is 5.82 Å². The minimum atomic E-state index is -0.349. The smallest absolute Gasteiger partial charge is 0.399 e. The lowest BCUT2D eigenvalue weighted by molar-refractivity contribution is 0.00578. The highest BCUT2D eigenvalue weighted by Gasteiger charge is 2.51. The first-order chi connectivity index (χ1) is 14.8. The van der Waals surface area contributed by atoms with Crippen LogP contribution in [0.3, 0.4) is 0 Å². The van der Waals surface area contributed by atoms with E-state index in [1.54, 1.807) is 0 Å². The number of benzene rings is 2. The molecule has 0 bridgehead atoms. The van der Waals surface area contributed by atoms with Crippen LogP contribution in [0.2, 0.25) is 0 Å². The van der Waals surface area contributed by atoms with Crippen LogP contribution in [0.15, 0.2) is 42.5 Å². The van der Waals surface area contributed by atoms with Crippen LogP contribution < -0.4 is 10.8 Å². The van der Waals surface area contributed by atoms with Crippen LogP contribution in [0.25, 0.3) is 11.0 Å². The molecule has 158 valence electrons. The molecule has 3 aromatic rings. The van der Waals surface area contributed by atoms with Crippen molar-refractivity contribution < 1.29 is 9.31 Å². The molecular weight excluding hydrogens is 385 g/mol. The average Bonchev–Trinajstić information content (AvgIpc) is 3.44. The summed E-state index contributed by atoms with van der Waals surface area (Å²) < 4.78 is 12.3. The molecule has 0 aliphatic carbocycles. The largest absolute Gasteiger partial charge is 0.494 e. The molecule has 31 heavy (non-hydrogen) atoms. The Kier molecular flexibility index (Phi) is 4.93. The van der Waals surface area contributed by atoms with Crippen molar-refractivity contribution in [3.63, 3.8) is 0 Å². The zero-order valence-corrected chi connectivity index (χ0v) is 18.6. The maximum atomic E-state index is 6.13. The maximum absolute atomic E-state index is 6.13. The molecule has 3 heterocycles. The number of hydrogen-bond donors (Lipinski definition) is 2. The van der Waals surface area contributed by atoms with Crippen LogP contribution in [0.4, 0.5) is 0 Å². The van der Waals surface area contributed by atoms with Crippen LogP contribution in [0.1, 0.15) is 63.5 Å². The van der Waals surface area contributed by atoms with Gasteiger partial charge in [-0.2, -0.15) is 0 Å². The molecule has 1 atom stereocenters. The summed E-state index contributed by atoms with van der Waals surface area (Å²) in [7, 11) is -0.349. The standard InChI is InChI=1S/C25H28BN3O2/c1-24(2)25(3,4)31-26(30-24)19-12-9-17(10-13-19)7-8-18-11-14-20-22(16-18)29-23(28-20)21-6-5-15-27-21/h9-14,16,21,27H,5-6,15H2,1-4H3,(H,28,29). The Morgan fingerprint density at radius 3 is 2.32 bits per heavy atom. The Morgan fingerprint density at radius 1 is 0.968 bits per heavy atom. The lowest BCUT2D eigenvalue weighted by Gasteiger charge is -2.32. The molecule has 5 nitrogen and oxygen atoms in total. The fourth-order valence-electron chi connectivity index (χ4n) is 4.04. The number of hydrogen-bond acceptors (Lipinski definition) is 4. The van der Waals surface area contributed by atoms with Gasteiger partial charge in [0.15, 0.2) is 0 Å². The molecule has 1 unspecified atom stereocenters. The van der Waals surface area contributed by atoms with E-state index in [0.717, 1.165) is 46.4 Å². The molecule has 0 spiro atoms. The van der Waals surface area contributed by atoms with Gasteiger partial charge in [0.05, 0.1) is 28.3 Å². The van der Waals surface area contributed by atoms with Crippen LogP contribution in [0.5, 0.6) is 0 Å². The van der Waals surface area contributed by atoms with E-state index in [9.17, 15) is 0 Å². The first-order valence-electron chi connectivity index (χ1n) is 11.0. The monoisotopic (exact) mass is 413 g/mol. The summed E-state index contributed by atoms with van der Waals surface area (Å²) in [5.41, 5.74) is 4.28. The molecule has 2 aliphatic heterocycles. The van der Waals surface area contributed by atoms with Crippen molar-refractivity contribution >= 4 is 23.6 Å². The topological polar surface area (TPSA) is 59.2 Å². The van der Waals surface area contributed by atoms with Gasteiger partial charge in [-0.1, -0.05) is 24.0 Å². The number of fused-ring (bicyclic) bond motifs is 1. The van der Waals surface area contributed by atoms with E-state index in [0.29, 0.717) is 6.04 Å². The minimum Gasteiger partial charge on any atom is -0.399 e. The predicted molar refractivity (Wildman–Crippen MR) is 124 cm³/mol. The number of nitrogens with one attached hydrogen (secondary N) is 2. The summed E-state index contributed by atoms with van der Waals surface area (Å²) in [6.07, 6.45) is 2.33. The third-order valence-electron chi connectivity index (χ3n) is 6.68. The number of rotatable bonds is 2. The fourth-order valence-corrected chi connectivity index (χ4v) is 4.04. The zero-order valence-electron chi connectivity index (χ0n) is 18.6. The quantitative estimate of drug-likeness (QED) is 0.497. The van der Waals surface area contributed by atoms with Gasteiger partial charge in [-0.3, -0.25) is 0 Å². The summed E-state index contributed by atoms with van der Waals surface area (Å²) in [6.45, 7) is 9.33. The second kappa shape index (κ2) is 7.53. The van der Waals surface area contributed by atoms with Crippen molar-refractivity contribution in [1.82, 2.24) is 15.3 Å². The zero-order chi connectivity index (χ0) is 21.6. The summed E-state index contributed by atoms with van der Waals surface area (Å²) >= 11 is 0. The van der Waals surface area contributed by atoms with Crippen molar-refractivity contribution in [2.75, 3.05) is 6.54 Å². The highest BCUT2D eigenvalue weighted by molar-refractivity contribution is 6.62. The van der Waals surface area contributed by atoms with Gasteiger partial charge >= 0.3 is 7.12 Å². The molecule has 0 radical (unpaired) electrons. The molecule has 2 fully saturated rings. The normalized spacial score (nSPS) is 21.9. The summed E-state index contributed by atoms with van der Waals surface area (Å²) in [5, 5.41) is 3.49. The van der Waals surface area contributed by atoms with E-state index in [1.807, 2.05) is 36.4 Å². The van der Waals surface area contributed by atoms with Gasteiger partial charge in [0, 0.05) is 11.1 Å². The van der Waals surface area contributed by atoms with Gasteiger partial charge in [-0.05, 0) is 82.9 Å². The second-order valence-corrected chi connectivity index (χ2v) is 9.46. The van der Waals surface area contributed by atoms with Crippen LogP contribution in [-0.2, 0) is 9.31 Å². The van der Waals surface area contributed by atoms with Crippen LogP contribution in [-0.4, -0.2) is 34.8 Å². The lowest BCUT2D eigenvalue weighted by Crippen LogP contribution is -2.41. The molecule has 2 saturated heterocycles. The van der Waals surface area contributed by atoms with Gasteiger partial charge in [0.25, 0.3) is 0 Å². The van der Waals surface area contributed by atoms with Gasteiger partial charge in [-0.15, -0.1) is 0 Å². The molecule has 5 rings (SSSR count). The molecule has 6 heteroatoms. The lowest BCUT2D eigenvalue weighted by atomic mass is 9.79. The Balaban J connectivity index is 1.32. The van der Waals surface area contributed by atoms with E-state index < -0.39 is 0 Å². The van der Waals surface area contributed by atoms with E-state index in [4.69, 9.17) is 14.3 Å². The van der Waals surface area contributed by atoms with Crippen molar-refractivity contribution in [3.8, 4) is 11.8 Å². The average molecular weight is 413 g/mol. The van der Waals surface area contributed by atoms with Crippen LogP contribution >= 0.6 is 0 Å². The number of nitrogens with zero attached hydrogens (tertiary/aromatic N) is 1. The van der Waals surface area contributed by atoms with Gasteiger partial charge in [-0.25, -0.2) is 4.98 Å². The van der Waals surface area contributed by atoms with E-state index in [1.165, 1.54) is 6.42 Å². The minimum absolute atomic E-state index is 0.337. The van der Waals surface area contributed by atoms with Crippen LogP contribution in [0, 0.1) is 11.8 Å². The Labute approximate surface area is 184 Å². The molecule has 2 N–H and O–H groups in total. The Hall–Kier alpha value is -2.59. The third kappa shape index (κ3) is 3.90. The second-order valence-electron chi connectivity index (χ2n) is 9.46. The van der Waals surface area contributed by atoms with Crippen molar-refractivity contribution in [2.24, 2.45) is 0 Å². The molecule has 0 saturated carbocycles. The highest BCUT2D eigenvalue weighted by Crippen LogP contribution is 2.36. The van der Waals surface area contributed by atoms with E-state index >= 15 is 0 Å². The number of aromatic amines is 1. The van der Waals surface area contributed by atoms with Crippen molar-refractivity contribution in [2.45, 2.75) is 57.8 Å². The van der Waals surface area contributed by atoms with Gasteiger partial charge in [0.2, 0.25) is 0 Å². The highest BCUT2D eigenvalue weighted by atomic mass is 16.7. The van der Waals surface area contributed by atoms with Crippen molar-refractivity contribution in [3.05, 3.63) is 59.4 Å². The number of imidazole rings is 1. The molecule has 2 aliphatic rings. The first-order valence-corrected chi connectivity index (χ1v) is 11.0. The van der Waals surface area contributed by atoms with Gasteiger partial charge < -0.3 is 19.6 Å². The maximum Gasteiger partial charge on any atom is 0.494 e. The molecular formula is C25H28BN3O2.